The molecule has 0 radical (unpaired) electrons. The lowest BCUT2D eigenvalue weighted by Gasteiger charge is -2.26. The number of morpholine rings is 1. The number of carbonyl (C=O) groups is 1. The van der Waals surface area contributed by atoms with Crippen LogP contribution in [0.2, 0.25) is 0 Å². The second-order valence-electron chi connectivity index (χ2n) is 6.72. The van der Waals surface area contributed by atoms with E-state index >= 15 is 0 Å². The van der Waals surface area contributed by atoms with Crippen molar-refractivity contribution in [3.8, 4) is 0 Å². The third kappa shape index (κ3) is 6.23. The van der Waals surface area contributed by atoms with Crippen LogP contribution in [0.3, 0.4) is 0 Å². The zero-order valence-corrected chi connectivity index (χ0v) is 18.1. The third-order valence-electron chi connectivity index (χ3n) is 4.53. The molecule has 1 fully saturated rings. The van der Waals surface area contributed by atoms with Gasteiger partial charge in [0.25, 0.3) is 15.9 Å². The Balaban J connectivity index is 1.56. The molecule has 31 heavy (non-hydrogen) atoms. The summed E-state index contributed by atoms with van der Waals surface area (Å²) in [4.78, 5) is 12.2. The Morgan fingerprint density at radius 2 is 1.58 bits per heavy atom. The lowest BCUT2D eigenvalue weighted by molar-refractivity contribution is 0.0730. The van der Waals surface area contributed by atoms with Crippen LogP contribution in [-0.4, -0.2) is 65.6 Å². The standard InChI is InChI=1S/C19H22FN3O6S2/c20-16-3-5-17(6-4-16)22-31(27,28)18-7-1-15(2-8-18)19(24)21-9-14-30(25,26)23-10-12-29-13-11-23/h1-8,22H,9-14H2,(H,21,24). The average Bonchev–Trinajstić information content (AvgIpc) is 2.76. The molecule has 1 saturated heterocycles. The van der Waals surface area contributed by atoms with Crippen LogP contribution in [0.25, 0.3) is 0 Å². The minimum absolute atomic E-state index is 0.0787. The Bertz CT molecular complexity index is 1110. The zero-order chi connectivity index (χ0) is 22.5. The highest BCUT2D eigenvalue weighted by molar-refractivity contribution is 7.92. The Morgan fingerprint density at radius 3 is 2.19 bits per heavy atom. The number of ether oxygens (including phenoxy) is 1. The molecule has 2 N–H and O–H groups in total. The summed E-state index contributed by atoms with van der Waals surface area (Å²) >= 11 is 0. The monoisotopic (exact) mass is 471 g/mol. The van der Waals surface area contributed by atoms with E-state index in [2.05, 4.69) is 10.0 Å². The molecule has 0 unspecified atom stereocenters. The van der Waals surface area contributed by atoms with Gasteiger partial charge in [0.15, 0.2) is 0 Å². The van der Waals surface area contributed by atoms with Gasteiger partial charge in [0.2, 0.25) is 10.0 Å². The molecule has 1 amide bonds. The van der Waals surface area contributed by atoms with E-state index in [4.69, 9.17) is 4.74 Å². The highest BCUT2D eigenvalue weighted by Crippen LogP contribution is 2.17. The van der Waals surface area contributed by atoms with Crippen LogP contribution in [0.5, 0.6) is 0 Å². The van der Waals surface area contributed by atoms with Gasteiger partial charge < -0.3 is 10.1 Å². The van der Waals surface area contributed by atoms with E-state index in [1.807, 2.05) is 0 Å². The van der Waals surface area contributed by atoms with Gasteiger partial charge >= 0.3 is 0 Å². The minimum atomic E-state index is -3.92. The number of halogens is 1. The van der Waals surface area contributed by atoms with E-state index in [1.54, 1.807) is 0 Å². The highest BCUT2D eigenvalue weighted by Gasteiger charge is 2.24. The quantitative estimate of drug-likeness (QED) is 0.593. The molecule has 2 aromatic rings. The molecule has 1 aliphatic heterocycles. The van der Waals surface area contributed by atoms with Gasteiger partial charge in [-0.2, -0.15) is 4.31 Å². The number of carbonyl (C=O) groups excluding carboxylic acids is 1. The van der Waals surface area contributed by atoms with Crippen molar-refractivity contribution in [3.05, 3.63) is 59.9 Å². The van der Waals surface area contributed by atoms with Crippen LogP contribution in [0.1, 0.15) is 10.4 Å². The Morgan fingerprint density at radius 1 is 0.968 bits per heavy atom. The van der Waals surface area contributed by atoms with Crippen LogP contribution in [0, 0.1) is 5.82 Å². The van der Waals surface area contributed by atoms with Crippen molar-refractivity contribution in [2.45, 2.75) is 4.90 Å². The largest absolute Gasteiger partial charge is 0.379 e. The lowest BCUT2D eigenvalue weighted by Crippen LogP contribution is -2.43. The third-order valence-corrected chi connectivity index (χ3v) is 7.80. The molecule has 2 aromatic carbocycles. The first-order chi connectivity index (χ1) is 14.7. The molecular weight excluding hydrogens is 449 g/mol. The van der Waals surface area contributed by atoms with Gasteiger partial charge in [-0.3, -0.25) is 9.52 Å². The second-order valence-corrected chi connectivity index (χ2v) is 10.5. The molecule has 1 heterocycles. The summed E-state index contributed by atoms with van der Waals surface area (Å²) in [5.41, 5.74) is 0.384. The van der Waals surface area contributed by atoms with E-state index in [9.17, 15) is 26.0 Å². The molecule has 3 rings (SSSR count). The molecule has 0 aliphatic carbocycles. The van der Waals surface area contributed by atoms with E-state index in [0.29, 0.717) is 13.2 Å². The van der Waals surface area contributed by atoms with Gasteiger partial charge in [-0.05, 0) is 48.5 Å². The number of amides is 1. The molecule has 9 nitrogen and oxygen atoms in total. The van der Waals surface area contributed by atoms with Gasteiger partial charge in [0, 0.05) is 30.9 Å². The number of nitrogens with zero attached hydrogens (tertiary/aromatic N) is 1. The predicted molar refractivity (Wildman–Crippen MR) is 112 cm³/mol. The van der Waals surface area contributed by atoms with Crippen molar-refractivity contribution in [3.63, 3.8) is 0 Å². The number of rotatable bonds is 8. The number of hydrogen-bond donors (Lipinski definition) is 2. The Labute approximate surface area is 180 Å². The summed E-state index contributed by atoms with van der Waals surface area (Å²) in [5, 5.41) is 2.52. The van der Waals surface area contributed by atoms with Crippen LogP contribution in [0.15, 0.2) is 53.4 Å². The van der Waals surface area contributed by atoms with Gasteiger partial charge in [0.1, 0.15) is 5.82 Å². The molecule has 0 bridgehead atoms. The first-order valence-corrected chi connectivity index (χ1v) is 12.5. The summed E-state index contributed by atoms with van der Waals surface area (Å²) in [5.74, 6) is -1.25. The molecular formula is C19H22FN3O6S2. The summed E-state index contributed by atoms with van der Waals surface area (Å²) in [6.07, 6.45) is 0. The maximum Gasteiger partial charge on any atom is 0.261 e. The van der Waals surface area contributed by atoms with E-state index < -0.39 is 31.8 Å². The maximum absolute atomic E-state index is 13.0. The molecule has 0 saturated carbocycles. The number of anilines is 1. The van der Waals surface area contributed by atoms with E-state index in [1.165, 1.54) is 40.7 Å². The first kappa shape index (κ1) is 23.1. The highest BCUT2D eigenvalue weighted by atomic mass is 32.2. The summed E-state index contributed by atoms with van der Waals surface area (Å²) < 4.78 is 71.1. The van der Waals surface area contributed by atoms with Gasteiger partial charge in [0.05, 0.1) is 23.9 Å². The molecule has 0 aromatic heterocycles. The fourth-order valence-electron chi connectivity index (χ4n) is 2.87. The number of nitrogens with one attached hydrogen (secondary N) is 2. The van der Waals surface area contributed by atoms with Gasteiger partial charge in [-0.15, -0.1) is 0 Å². The van der Waals surface area contributed by atoms with Crippen molar-refractivity contribution >= 4 is 31.6 Å². The smallest absolute Gasteiger partial charge is 0.261 e. The molecule has 12 heteroatoms. The fourth-order valence-corrected chi connectivity index (χ4v) is 5.25. The fraction of sp³-hybridized carbons (Fsp3) is 0.316. The van der Waals surface area contributed by atoms with Crippen molar-refractivity contribution < 1.29 is 30.8 Å². The first-order valence-electron chi connectivity index (χ1n) is 9.40. The van der Waals surface area contributed by atoms with E-state index in [-0.39, 0.29) is 41.5 Å². The molecule has 1 aliphatic rings. The van der Waals surface area contributed by atoms with Crippen molar-refractivity contribution in [1.29, 1.82) is 0 Å². The SMILES string of the molecule is O=C(NCCS(=O)(=O)N1CCOCC1)c1ccc(S(=O)(=O)Nc2ccc(F)cc2)cc1. The molecule has 0 atom stereocenters. The predicted octanol–water partition coefficient (Wildman–Crippen LogP) is 1.02. The van der Waals surface area contributed by atoms with Crippen molar-refractivity contribution in [1.82, 2.24) is 9.62 Å². The van der Waals surface area contributed by atoms with Crippen LogP contribution in [0.4, 0.5) is 10.1 Å². The average molecular weight is 472 g/mol. The van der Waals surface area contributed by atoms with E-state index in [0.717, 1.165) is 12.1 Å². The summed E-state index contributed by atoms with van der Waals surface area (Å²) in [6, 6.07) is 10.0. The van der Waals surface area contributed by atoms with Crippen molar-refractivity contribution in [2.75, 3.05) is 43.3 Å². The number of sulfonamides is 2. The number of benzene rings is 2. The maximum atomic E-state index is 13.0. The lowest BCUT2D eigenvalue weighted by atomic mass is 10.2. The van der Waals surface area contributed by atoms with Gasteiger partial charge in [-0.25, -0.2) is 21.2 Å². The van der Waals surface area contributed by atoms with Crippen LogP contribution in [-0.2, 0) is 24.8 Å². The van der Waals surface area contributed by atoms with Gasteiger partial charge in [-0.1, -0.05) is 0 Å². The molecule has 0 spiro atoms. The van der Waals surface area contributed by atoms with Crippen LogP contribution >= 0.6 is 0 Å². The number of hydrogen-bond acceptors (Lipinski definition) is 6. The zero-order valence-electron chi connectivity index (χ0n) is 16.5. The second kappa shape index (κ2) is 9.73. The molecule has 168 valence electrons. The topological polar surface area (TPSA) is 122 Å². The van der Waals surface area contributed by atoms with Crippen molar-refractivity contribution in [2.24, 2.45) is 0 Å². The Hall–Kier alpha value is -2.54. The normalized spacial score (nSPS) is 15.4. The van der Waals surface area contributed by atoms with Crippen LogP contribution < -0.4 is 10.0 Å². The summed E-state index contributed by atoms with van der Waals surface area (Å²) in [6.45, 7) is 1.19. The summed E-state index contributed by atoms with van der Waals surface area (Å²) in [7, 11) is -7.41. The minimum Gasteiger partial charge on any atom is -0.379 e. The Kier molecular flexibility index (Phi) is 7.26.